The van der Waals surface area contributed by atoms with Crippen LogP contribution in [0.1, 0.15) is 32.1 Å². The molecule has 2 saturated heterocycles. The maximum atomic E-state index is 12.5. The number of carbonyl (C=O) groups excluding carboxylic acids is 1. The predicted molar refractivity (Wildman–Crippen MR) is 70.6 cm³/mol. The van der Waals surface area contributed by atoms with Crippen molar-refractivity contribution >= 4 is 5.91 Å². The van der Waals surface area contributed by atoms with Crippen molar-refractivity contribution in [2.24, 2.45) is 11.7 Å². The minimum atomic E-state index is 0.0651. The molecule has 0 aromatic heterocycles. The molecule has 108 valence electrons. The minimum absolute atomic E-state index is 0.0651. The number of carbonyl (C=O) groups is 1. The van der Waals surface area contributed by atoms with Crippen LogP contribution in [-0.4, -0.2) is 55.4 Å². The monoisotopic (exact) mass is 268 g/mol. The van der Waals surface area contributed by atoms with Crippen molar-refractivity contribution in [2.75, 3.05) is 26.3 Å². The molecule has 3 fully saturated rings. The van der Waals surface area contributed by atoms with E-state index in [0.29, 0.717) is 19.7 Å². The molecular formula is C14H24N2O3. The maximum Gasteiger partial charge on any atom is 0.225 e. The zero-order valence-electron chi connectivity index (χ0n) is 11.4. The Kier molecular flexibility index (Phi) is 4.05. The van der Waals surface area contributed by atoms with E-state index in [2.05, 4.69) is 0 Å². The lowest BCUT2D eigenvalue weighted by Gasteiger charge is -2.36. The molecule has 0 radical (unpaired) electrons. The van der Waals surface area contributed by atoms with E-state index in [4.69, 9.17) is 15.2 Å². The Morgan fingerprint density at radius 2 is 1.95 bits per heavy atom. The van der Waals surface area contributed by atoms with Gasteiger partial charge in [0.15, 0.2) is 0 Å². The second-order valence-electron chi connectivity index (χ2n) is 6.02. The second-order valence-corrected chi connectivity index (χ2v) is 6.02. The van der Waals surface area contributed by atoms with E-state index in [1.807, 2.05) is 4.90 Å². The van der Waals surface area contributed by atoms with Crippen LogP contribution >= 0.6 is 0 Å². The Morgan fingerprint density at radius 3 is 2.63 bits per heavy atom. The van der Waals surface area contributed by atoms with Gasteiger partial charge in [0.2, 0.25) is 5.91 Å². The fourth-order valence-corrected chi connectivity index (χ4v) is 3.50. The Bertz CT molecular complexity index is 331. The van der Waals surface area contributed by atoms with Crippen LogP contribution in [0.5, 0.6) is 0 Å². The third kappa shape index (κ3) is 2.93. The molecule has 0 bridgehead atoms. The highest BCUT2D eigenvalue weighted by atomic mass is 16.5. The number of morpholine rings is 1. The average molecular weight is 268 g/mol. The van der Waals surface area contributed by atoms with Crippen LogP contribution in [0, 0.1) is 5.92 Å². The maximum absolute atomic E-state index is 12.5. The first-order valence-electron chi connectivity index (χ1n) is 7.51. The molecule has 2 heterocycles. The van der Waals surface area contributed by atoms with Crippen LogP contribution in [0.25, 0.3) is 0 Å². The Labute approximate surface area is 114 Å². The Morgan fingerprint density at radius 1 is 1.11 bits per heavy atom. The third-order valence-electron chi connectivity index (χ3n) is 4.61. The number of amides is 1. The van der Waals surface area contributed by atoms with Gasteiger partial charge in [-0.1, -0.05) is 0 Å². The molecule has 5 nitrogen and oxygen atoms in total. The summed E-state index contributed by atoms with van der Waals surface area (Å²) in [6, 6.07) is 0.212. The lowest BCUT2D eigenvalue weighted by Crippen LogP contribution is -2.51. The first-order chi connectivity index (χ1) is 9.24. The molecule has 4 atom stereocenters. The fraction of sp³-hybridized carbons (Fsp3) is 0.929. The molecule has 2 N–H and O–H groups in total. The first kappa shape index (κ1) is 13.3. The van der Waals surface area contributed by atoms with E-state index in [0.717, 1.165) is 38.7 Å². The molecule has 3 rings (SSSR count). The van der Waals surface area contributed by atoms with Crippen LogP contribution in [0.3, 0.4) is 0 Å². The van der Waals surface area contributed by atoms with Gasteiger partial charge in [-0.2, -0.15) is 0 Å². The smallest absolute Gasteiger partial charge is 0.225 e. The molecular weight excluding hydrogens is 244 g/mol. The summed E-state index contributed by atoms with van der Waals surface area (Å²) in [4.78, 5) is 14.5. The van der Waals surface area contributed by atoms with Gasteiger partial charge in [0.05, 0.1) is 12.7 Å². The van der Waals surface area contributed by atoms with E-state index in [9.17, 15) is 4.79 Å². The van der Waals surface area contributed by atoms with Crippen molar-refractivity contribution in [3.63, 3.8) is 0 Å². The molecule has 0 unspecified atom stereocenters. The van der Waals surface area contributed by atoms with Crippen molar-refractivity contribution in [3.8, 4) is 0 Å². The highest BCUT2D eigenvalue weighted by Gasteiger charge is 2.36. The summed E-state index contributed by atoms with van der Waals surface area (Å²) in [6.45, 7) is 2.87. The largest absolute Gasteiger partial charge is 0.375 e. The fourth-order valence-electron chi connectivity index (χ4n) is 3.50. The van der Waals surface area contributed by atoms with Crippen molar-refractivity contribution in [1.29, 1.82) is 0 Å². The Balaban J connectivity index is 1.56. The SMILES string of the molecule is N[C@@H]1CC[C@H](C(=O)N2CCO[C@@H]([C@H]3CCCO3)C2)C1. The molecule has 0 aromatic rings. The molecule has 2 aliphatic heterocycles. The summed E-state index contributed by atoms with van der Waals surface area (Å²) < 4.78 is 11.5. The van der Waals surface area contributed by atoms with E-state index in [1.165, 1.54) is 0 Å². The minimum Gasteiger partial charge on any atom is -0.375 e. The van der Waals surface area contributed by atoms with E-state index < -0.39 is 0 Å². The van der Waals surface area contributed by atoms with Crippen molar-refractivity contribution in [1.82, 2.24) is 4.90 Å². The van der Waals surface area contributed by atoms with Crippen LogP contribution in [0.4, 0.5) is 0 Å². The first-order valence-corrected chi connectivity index (χ1v) is 7.51. The van der Waals surface area contributed by atoms with Crippen LogP contribution in [0.2, 0.25) is 0 Å². The Hall–Kier alpha value is -0.650. The lowest BCUT2D eigenvalue weighted by atomic mass is 10.0. The van der Waals surface area contributed by atoms with Gasteiger partial charge in [-0.25, -0.2) is 0 Å². The summed E-state index contributed by atoms with van der Waals surface area (Å²) in [7, 11) is 0. The second kappa shape index (κ2) is 5.77. The molecule has 1 saturated carbocycles. The zero-order valence-corrected chi connectivity index (χ0v) is 11.4. The lowest BCUT2D eigenvalue weighted by molar-refractivity contribution is -0.148. The zero-order chi connectivity index (χ0) is 13.2. The van der Waals surface area contributed by atoms with E-state index in [1.54, 1.807) is 0 Å². The number of nitrogens with zero attached hydrogens (tertiary/aromatic N) is 1. The van der Waals surface area contributed by atoms with Gasteiger partial charge in [0.1, 0.15) is 6.10 Å². The molecule has 0 spiro atoms. The normalized spacial score (nSPS) is 39.7. The van der Waals surface area contributed by atoms with Gasteiger partial charge in [-0.3, -0.25) is 4.79 Å². The van der Waals surface area contributed by atoms with Gasteiger partial charge in [0.25, 0.3) is 0 Å². The van der Waals surface area contributed by atoms with Crippen molar-refractivity contribution < 1.29 is 14.3 Å². The average Bonchev–Trinajstić information content (AvgIpc) is 3.09. The molecule has 5 heteroatoms. The number of hydrogen-bond acceptors (Lipinski definition) is 4. The van der Waals surface area contributed by atoms with Gasteiger partial charge in [-0.15, -0.1) is 0 Å². The van der Waals surface area contributed by atoms with Gasteiger partial charge >= 0.3 is 0 Å². The van der Waals surface area contributed by atoms with Gasteiger partial charge in [-0.05, 0) is 32.1 Å². The molecule has 3 aliphatic rings. The topological polar surface area (TPSA) is 64.8 Å². The summed E-state index contributed by atoms with van der Waals surface area (Å²) in [6.07, 6.45) is 5.19. The predicted octanol–water partition coefficient (Wildman–Crippen LogP) is 0.520. The molecule has 19 heavy (non-hydrogen) atoms. The van der Waals surface area contributed by atoms with Crippen LogP contribution in [-0.2, 0) is 14.3 Å². The number of nitrogens with two attached hydrogens (primary N) is 1. The van der Waals surface area contributed by atoms with Crippen LogP contribution < -0.4 is 5.73 Å². The molecule has 0 aromatic carbocycles. The van der Waals surface area contributed by atoms with E-state index >= 15 is 0 Å². The quantitative estimate of drug-likeness (QED) is 0.793. The summed E-state index contributed by atoms with van der Waals surface area (Å²) in [5.74, 6) is 0.414. The summed E-state index contributed by atoms with van der Waals surface area (Å²) in [5, 5.41) is 0. The van der Waals surface area contributed by atoms with E-state index in [-0.39, 0.29) is 30.1 Å². The highest BCUT2D eigenvalue weighted by Crippen LogP contribution is 2.28. The third-order valence-corrected chi connectivity index (χ3v) is 4.61. The van der Waals surface area contributed by atoms with Crippen molar-refractivity contribution in [2.45, 2.75) is 50.4 Å². The standard InChI is InChI=1S/C14H24N2O3/c15-11-4-3-10(8-11)14(17)16-5-7-19-13(9-16)12-2-1-6-18-12/h10-13H,1-9,15H2/t10-,11+,12+,13+/m0/s1. The van der Waals surface area contributed by atoms with Crippen LogP contribution in [0.15, 0.2) is 0 Å². The van der Waals surface area contributed by atoms with Crippen molar-refractivity contribution in [3.05, 3.63) is 0 Å². The molecule has 1 aliphatic carbocycles. The van der Waals surface area contributed by atoms with Gasteiger partial charge in [0, 0.05) is 31.7 Å². The number of rotatable bonds is 2. The highest BCUT2D eigenvalue weighted by molar-refractivity contribution is 5.79. The van der Waals surface area contributed by atoms with Gasteiger partial charge < -0.3 is 20.1 Å². The summed E-state index contributed by atoms with van der Waals surface area (Å²) in [5.41, 5.74) is 5.90. The number of ether oxygens (including phenoxy) is 2. The molecule has 1 amide bonds. The number of hydrogen-bond donors (Lipinski definition) is 1. The summed E-state index contributed by atoms with van der Waals surface area (Å²) >= 11 is 0.